The number of hydrogen-bond acceptors (Lipinski definition) is 5. The van der Waals surface area contributed by atoms with Crippen LogP contribution in [0.1, 0.15) is 19.1 Å². The maximum atomic E-state index is 11.8. The van der Waals surface area contributed by atoms with Crippen LogP contribution < -0.4 is 0 Å². The average molecular weight is 248 g/mol. The number of cyclic esters (lactones) is 1. The molecule has 1 aromatic rings. The number of ether oxygens (including phenoxy) is 1. The van der Waals surface area contributed by atoms with E-state index in [1.54, 1.807) is 12.1 Å². The molecule has 2 heterocycles. The number of hydrogen-bond donors (Lipinski definition) is 0. The molecule has 5 nitrogen and oxygen atoms in total. The van der Waals surface area contributed by atoms with Gasteiger partial charge in [-0.25, -0.2) is 0 Å². The number of furan rings is 1. The molecule has 1 aromatic heterocycles. The van der Waals surface area contributed by atoms with E-state index in [0.717, 1.165) is 0 Å². The predicted octanol–water partition coefficient (Wildman–Crippen LogP) is 1.43. The first kappa shape index (κ1) is 12.3. The zero-order chi connectivity index (χ0) is 13.1. The smallest absolute Gasteiger partial charge is 0.329 e. The van der Waals surface area contributed by atoms with Gasteiger partial charge in [-0.05, 0) is 19.1 Å². The molecule has 0 saturated heterocycles. The van der Waals surface area contributed by atoms with Gasteiger partial charge in [-0.2, -0.15) is 0 Å². The monoisotopic (exact) mass is 248 g/mol. The van der Waals surface area contributed by atoms with Crippen molar-refractivity contribution in [3.63, 3.8) is 0 Å². The SMILES string of the molecule is CC1=CC(=O)C(C(=O)CCc2ccco2)C(=O)O1. The molecule has 18 heavy (non-hydrogen) atoms. The van der Waals surface area contributed by atoms with E-state index in [0.29, 0.717) is 12.2 Å². The summed E-state index contributed by atoms with van der Waals surface area (Å²) in [5.74, 6) is -2.18. The van der Waals surface area contributed by atoms with Crippen molar-refractivity contribution in [2.75, 3.05) is 0 Å². The van der Waals surface area contributed by atoms with Crippen LogP contribution in [0.5, 0.6) is 0 Å². The van der Waals surface area contributed by atoms with Crippen LogP contribution in [0.3, 0.4) is 0 Å². The summed E-state index contributed by atoms with van der Waals surface area (Å²) >= 11 is 0. The van der Waals surface area contributed by atoms with Crippen LogP contribution in [0.2, 0.25) is 0 Å². The van der Waals surface area contributed by atoms with Gasteiger partial charge < -0.3 is 9.15 Å². The van der Waals surface area contributed by atoms with Gasteiger partial charge in [0.15, 0.2) is 17.5 Å². The molecule has 0 spiro atoms. The van der Waals surface area contributed by atoms with E-state index in [4.69, 9.17) is 9.15 Å². The Morgan fingerprint density at radius 1 is 1.39 bits per heavy atom. The van der Waals surface area contributed by atoms with Crippen molar-refractivity contribution in [2.24, 2.45) is 5.92 Å². The second kappa shape index (κ2) is 5.00. The van der Waals surface area contributed by atoms with Gasteiger partial charge in [0.2, 0.25) is 0 Å². The third kappa shape index (κ3) is 2.56. The van der Waals surface area contributed by atoms with Gasteiger partial charge in [0.1, 0.15) is 11.5 Å². The van der Waals surface area contributed by atoms with Crippen molar-refractivity contribution in [1.82, 2.24) is 0 Å². The third-order valence-electron chi connectivity index (χ3n) is 2.65. The molecule has 0 N–H and O–H groups in total. The molecule has 94 valence electrons. The minimum absolute atomic E-state index is 0.0753. The van der Waals surface area contributed by atoms with Crippen LogP contribution >= 0.6 is 0 Å². The van der Waals surface area contributed by atoms with E-state index in [-0.39, 0.29) is 12.2 Å². The van der Waals surface area contributed by atoms with Gasteiger partial charge >= 0.3 is 5.97 Å². The maximum absolute atomic E-state index is 11.8. The van der Waals surface area contributed by atoms with Gasteiger partial charge in [-0.3, -0.25) is 14.4 Å². The second-order valence-corrected chi connectivity index (χ2v) is 4.06. The molecule has 0 bridgehead atoms. The van der Waals surface area contributed by atoms with Crippen LogP contribution in [0.4, 0.5) is 0 Å². The molecular formula is C13H12O5. The quantitative estimate of drug-likeness (QED) is 0.595. The van der Waals surface area contributed by atoms with E-state index < -0.39 is 23.5 Å². The van der Waals surface area contributed by atoms with Crippen molar-refractivity contribution >= 4 is 17.5 Å². The first-order valence-electron chi connectivity index (χ1n) is 5.57. The highest BCUT2D eigenvalue weighted by Crippen LogP contribution is 2.18. The summed E-state index contributed by atoms with van der Waals surface area (Å²) in [6.07, 6.45) is 3.13. The maximum Gasteiger partial charge on any atom is 0.329 e. The molecule has 1 aliphatic rings. The van der Waals surface area contributed by atoms with Crippen LogP contribution in [0.25, 0.3) is 0 Å². The lowest BCUT2D eigenvalue weighted by Gasteiger charge is -2.16. The zero-order valence-electron chi connectivity index (χ0n) is 9.84. The fourth-order valence-electron chi connectivity index (χ4n) is 1.78. The summed E-state index contributed by atoms with van der Waals surface area (Å²) in [4.78, 5) is 34.9. The summed E-state index contributed by atoms with van der Waals surface area (Å²) in [7, 11) is 0. The van der Waals surface area contributed by atoms with Crippen molar-refractivity contribution in [1.29, 1.82) is 0 Å². The number of carbonyl (C=O) groups is 3. The van der Waals surface area contributed by atoms with Crippen LogP contribution in [0.15, 0.2) is 34.6 Å². The van der Waals surface area contributed by atoms with Gasteiger partial charge in [-0.1, -0.05) is 0 Å². The predicted molar refractivity (Wildman–Crippen MR) is 60.4 cm³/mol. The van der Waals surface area contributed by atoms with E-state index in [1.165, 1.54) is 19.3 Å². The molecule has 5 heteroatoms. The highest BCUT2D eigenvalue weighted by Gasteiger charge is 2.37. The standard InChI is InChI=1S/C13H12O5/c1-8-7-11(15)12(13(16)18-8)10(14)5-4-9-3-2-6-17-9/h2-3,6-7,12H,4-5H2,1H3. The minimum atomic E-state index is -1.32. The lowest BCUT2D eigenvalue weighted by atomic mass is 9.93. The Kier molecular flexibility index (Phi) is 3.41. The van der Waals surface area contributed by atoms with E-state index in [2.05, 4.69) is 0 Å². The van der Waals surface area contributed by atoms with E-state index >= 15 is 0 Å². The molecule has 0 aliphatic carbocycles. The van der Waals surface area contributed by atoms with Crippen molar-refractivity contribution in [3.8, 4) is 0 Å². The first-order valence-corrected chi connectivity index (χ1v) is 5.57. The van der Waals surface area contributed by atoms with Crippen molar-refractivity contribution in [2.45, 2.75) is 19.8 Å². The van der Waals surface area contributed by atoms with Crippen molar-refractivity contribution in [3.05, 3.63) is 36.0 Å². The van der Waals surface area contributed by atoms with Crippen molar-refractivity contribution < 1.29 is 23.5 Å². The Labute approximate surface area is 103 Å². The number of allylic oxidation sites excluding steroid dienone is 2. The Morgan fingerprint density at radius 2 is 2.17 bits per heavy atom. The normalized spacial score (nSPS) is 19.4. The fourth-order valence-corrected chi connectivity index (χ4v) is 1.78. The largest absolute Gasteiger partial charge is 0.469 e. The van der Waals surface area contributed by atoms with E-state index in [1.807, 2.05) is 0 Å². The molecule has 0 amide bonds. The highest BCUT2D eigenvalue weighted by molar-refractivity contribution is 6.21. The molecule has 0 radical (unpaired) electrons. The number of Topliss-reactive ketones (excluding diaryl/α,β-unsaturated/α-hetero) is 1. The summed E-state index contributed by atoms with van der Waals surface area (Å²) in [6, 6.07) is 3.45. The van der Waals surface area contributed by atoms with E-state index in [9.17, 15) is 14.4 Å². The topological polar surface area (TPSA) is 73.6 Å². The molecule has 2 rings (SSSR count). The Hall–Kier alpha value is -2.17. The average Bonchev–Trinajstić information content (AvgIpc) is 2.77. The molecule has 1 atom stereocenters. The Balaban J connectivity index is 2.00. The summed E-state index contributed by atoms with van der Waals surface area (Å²) in [6.45, 7) is 1.50. The molecular weight excluding hydrogens is 236 g/mol. The van der Waals surface area contributed by atoms with Gasteiger partial charge in [0.25, 0.3) is 0 Å². The van der Waals surface area contributed by atoms with Crippen LogP contribution in [0, 0.1) is 5.92 Å². The second-order valence-electron chi connectivity index (χ2n) is 4.06. The molecule has 1 unspecified atom stereocenters. The summed E-state index contributed by atoms with van der Waals surface area (Å²) < 4.78 is 9.86. The van der Waals surface area contributed by atoms with Gasteiger partial charge in [-0.15, -0.1) is 0 Å². The first-order chi connectivity index (χ1) is 8.58. The zero-order valence-corrected chi connectivity index (χ0v) is 9.84. The highest BCUT2D eigenvalue weighted by atomic mass is 16.5. The Morgan fingerprint density at radius 3 is 2.78 bits per heavy atom. The summed E-state index contributed by atoms with van der Waals surface area (Å²) in [5, 5.41) is 0. The number of esters is 1. The number of rotatable bonds is 4. The number of aryl methyl sites for hydroxylation is 1. The molecule has 0 fully saturated rings. The third-order valence-corrected chi connectivity index (χ3v) is 2.65. The fraction of sp³-hybridized carbons (Fsp3) is 0.308. The Bertz CT molecular complexity index is 509. The summed E-state index contributed by atoms with van der Waals surface area (Å²) in [5.41, 5.74) is 0. The number of ketones is 2. The van der Waals surface area contributed by atoms with Crippen LogP contribution in [-0.2, 0) is 25.5 Å². The lowest BCUT2D eigenvalue weighted by Crippen LogP contribution is -2.35. The molecule has 0 aromatic carbocycles. The van der Waals surface area contributed by atoms with Crippen LogP contribution in [-0.4, -0.2) is 17.5 Å². The van der Waals surface area contributed by atoms with Gasteiger partial charge in [0.05, 0.1) is 6.26 Å². The molecule has 1 aliphatic heterocycles. The minimum Gasteiger partial charge on any atom is -0.469 e. The van der Waals surface area contributed by atoms with Gasteiger partial charge in [0, 0.05) is 18.9 Å². The number of carbonyl (C=O) groups excluding carboxylic acids is 3. The lowest BCUT2D eigenvalue weighted by molar-refractivity contribution is -0.152. The molecule has 0 saturated carbocycles.